The molecule has 0 aliphatic rings. The Hall–Kier alpha value is -2.10. The second kappa shape index (κ2) is 5.49. The van der Waals surface area contributed by atoms with Gasteiger partial charge in [-0.15, -0.1) is 0 Å². The number of nitriles is 1. The third-order valence-electron chi connectivity index (χ3n) is 2.18. The second-order valence-electron chi connectivity index (χ2n) is 5.06. The highest BCUT2D eigenvalue weighted by molar-refractivity contribution is 5.81. The van der Waals surface area contributed by atoms with Crippen LogP contribution in [-0.2, 0) is 15.7 Å². The summed E-state index contributed by atoms with van der Waals surface area (Å²) in [5, 5.41) is 8.97. The van der Waals surface area contributed by atoms with Gasteiger partial charge in [-0.1, -0.05) is 0 Å². The zero-order valence-corrected chi connectivity index (χ0v) is 11.2. The van der Waals surface area contributed by atoms with Gasteiger partial charge in [-0.05, 0) is 32.9 Å². The molecule has 0 saturated heterocycles. The number of halogens is 3. The maximum absolute atomic E-state index is 12.6. The Morgan fingerprint density at radius 3 is 2.45 bits per heavy atom. The summed E-state index contributed by atoms with van der Waals surface area (Å²) in [7, 11) is 0. The molecule has 0 bridgehead atoms. The summed E-state index contributed by atoms with van der Waals surface area (Å²) < 4.78 is 42.7. The number of hydrogen-bond donors (Lipinski definition) is 0. The lowest BCUT2D eigenvalue weighted by molar-refractivity contribution is -0.155. The van der Waals surface area contributed by atoms with Gasteiger partial charge in [0.2, 0.25) is 0 Å². The van der Waals surface area contributed by atoms with Crippen molar-refractivity contribution in [1.29, 1.82) is 5.26 Å². The first-order chi connectivity index (χ1) is 9.04. The van der Waals surface area contributed by atoms with Crippen LogP contribution in [0.3, 0.4) is 0 Å². The van der Waals surface area contributed by atoms with Crippen LogP contribution >= 0.6 is 0 Å². The monoisotopic (exact) mass is 286 g/mol. The molecule has 1 aromatic rings. The van der Waals surface area contributed by atoms with Gasteiger partial charge in [-0.25, -0.2) is 0 Å². The van der Waals surface area contributed by atoms with E-state index < -0.39 is 29.2 Å². The molecule has 0 aliphatic heterocycles. The number of carbonyl (C=O) groups excluding carboxylic acids is 1. The van der Waals surface area contributed by atoms with E-state index in [1.54, 1.807) is 26.8 Å². The van der Waals surface area contributed by atoms with Crippen molar-refractivity contribution in [3.63, 3.8) is 0 Å². The van der Waals surface area contributed by atoms with E-state index in [4.69, 9.17) is 10.00 Å². The molecule has 0 spiro atoms. The van der Waals surface area contributed by atoms with Gasteiger partial charge >= 0.3 is 12.1 Å². The van der Waals surface area contributed by atoms with E-state index in [1.807, 2.05) is 0 Å². The Morgan fingerprint density at radius 1 is 1.40 bits per heavy atom. The van der Waals surface area contributed by atoms with Crippen molar-refractivity contribution in [2.75, 3.05) is 0 Å². The van der Waals surface area contributed by atoms with E-state index >= 15 is 0 Å². The molecular weight excluding hydrogens is 273 g/mol. The van der Waals surface area contributed by atoms with Gasteiger partial charge in [0.25, 0.3) is 0 Å². The summed E-state index contributed by atoms with van der Waals surface area (Å²) in [5.41, 5.74) is -2.09. The molecule has 0 unspecified atom stereocenters. The highest BCUT2D eigenvalue weighted by atomic mass is 19.4. The van der Waals surface area contributed by atoms with Gasteiger partial charge < -0.3 is 4.74 Å². The van der Waals surface area contributed by atoms with Gasteiger partial charge in [-0.3, -0.25) is 9.78 Å². The van der Waals surface area contributed by atoms with Crippen LogP contribution in [0.5, 0.6) is 0 Å². The standard InChI is InChI=1S/C13H13F3N2O2/c1-12(2,3)20-11(19)9(7-17)10-6-8(4-5-18-10)13(14,15)16/h4-6,9H,1-3H3/t9-/m0/s1. The largest absolute Gasteiger partial charge is 0.459 e. The maximum atomic E-state index is 12.6. The van der Waals surface area contributed by atoms with E-state index in [-0.39, 0.29) is 5.69 Å². The highest BCUT2D eigenvalue weighted by Gasteiger charge is 2.33. The lowest BCUT2D eigenvalue weighted by Crippen LogP contribution is -2.27. The number of pyridine rings is 1. The van der Waals surface area contributed by atoms with E-state index in [0.29, 0.717) is 6.07 Å². The smallest absolute Gasteiger partial charge is 0.416 e. The molecule has 0 N–H and O–H groups in total. The molecule has 0 aliphatic carbocycles. The number of hydrogen-bond acceptors (Lipinski definition) is 4. The molecule has 0 fully saturated rings. The minimum atomic E-state index is -4.56. The van der Waals surface area contributed by atoms with Crippen molar-refractivity contribution >= 4 is 5.97 Å². The number of ether oxygens (including phenoxy) is 1. The molecule has 0 saturated carbocycles. The second-order valence-corrected chi connectivity index (χ2v) is 5.06. The lowest BCUT2D eigenvalue weighted by atomic mass is 10.0. The van der Waals surface area contributed by atoms with Crippen LogP contribution in [0.2, 0.25) is 0 Å². The Kier molecular flexibility index (Phi) is 4.38. The van der Waals surface area contributed by atoms with Crippen molar-refractivity contribution in [2.45, 2.75) is 38.5 Å². The first-order valence-electron chi connectivity index (χ1n) is 5.70. The molecule has 0 radical (unpaired) electrons. The topological polar surface area (TPSA) is 63.0 Å². The lowest BCUT2D eigenvalue weighted by Gasteiger charge is -2.21. The Morgan fingerprint density at radius 2 is 2.00 bits per heavy atom. The molecule has 1 aromatic heterocycles. The van der Waals surface area contributed by atoms with Crippen LogP contribution in [0, 0.1) is 11.3 Å². The fourth-order valence-electron chi connectivity index (χ4n) is 1.38. The van der Waals surface area contributed by atoms with Crippen LogP contribution in [0.25, 0.3) is 0 Å². The maximum Gasteiger partial charge on any atom is 0.416 e. The zero-order chi connectivity index (χ0) is 15.6. The number of carbonyl (C=O) groups is 1. The number of alkyl halides is 3. The van der Waals surface area contributed by atoms with Crippen LogP contribution in [0.4, 0.5) is 13.2 Å². The van der Waals surface area contributed by atoms with Crippen LogP contribution in [-0.4, -0.2) is 16.6 Å². The zero-order valence-electron chi connectivity index (χ0n) is 11.2. The number of esters is 1. The molecule has 0 aromatic carbocycles. The number of rotatable bonds is 2. The number of aromatic nitrogens is 1. The Balaban J connectivity index is 3.09. The van der Waals surface area contributed by atoms with Crippen molar-refractivity contribution < 1.29 is 22.7 Å². The summed E-state index contributed by atoms with van der Waals surface area (Å²) >= 11 is 0. The normalized spacial score (nSPS) is 13.4. The van der Waals surface area contributed by atoms with E-state index in [0.717, 1.165) is 12.3 Å². The Bertz CT molecular complexity index is 542. The molecule has 1 rings (SSSR count). The molecule has 108 valence electrons. The van der Waals surface area contributed by atoms with E-state index in [2.05, 4.69) is 4.98 Å². The van der Waals surface area contributed by atoms with Gasteiger partial charge in [-0.2, -0.15) is 18.4 Å². The molecule has 1 atom stereocenters. The van der Waals surface area contributed by atoms with Crippen molar-refractivity contribution in [1.82, 2.24) is 4.98 Å². The summed E-state index contributed by atoms with van der Waals surface area (Å²) in [6.07, 6.45) is -3.65. The fraction of sp³-hybridized carbons (Fsp3) is 0.462. The van der Waals surface area contributed by atoms with Crippen LogP contribution < -0.4 is 0 Å². The number of nitrogens with zero attached hydrogens (tertiary/aromatic N) is 2. The van der Waals surface area contributed by atoms with Gasteiger partial charge in [0.1, 0.15) is 5.60 Å². The SMILES string of the molecule is CC(C)(C)OC(=O)[C@@H](C#N)c1cc(C(F)(F)F)ccn1. The first-order valence-corrected chi connectivity index (χ1v) is 5.70. The van der Waals surface area contributed by atoms with Crippen molar-refractivity contribution in [3.05, 3.63) is 29.6 Å². The summed E-state index contributed by atoms with van der Waals surface area (Å²) in [6.45, 7) is 4.79. The predicted octanol–water partition coefficient (Wildman–Crippen LogP) is 3.05. The Labute approximate surface area is 114 Å². The molecule has 4 nitrogen and oxygen atoms in total. The third kappa shape index (κ3) is 4.23. The minimum Gasteiger partial charge on any atom is -0.459 e. The van der Waals surface area contributed by atoms with Gasteiger partial charge in [0.05, 0.1) is 17.3 Å². The summed E-state index contributed by atoms with van der Waals surface area (Å²) in [6, 6.07) is 3.06. The molecular formula is C13H13F3N2O2. The van der Waals surface area contributed by atoms with Crippen LogP contribution in [0.1, 0.15) is 37.9 Å². The van der Waals surface area contributed by atoms with Gasteiger partial charge in [0, 0.05) is 6.20 Å². The quantitative estimate of drug-likeness (QED) is 0.784. The minimum absolute atomic E-state index is 0.281. The molecule has 7 heteroatoms. The van der Waals surface area contributed by atoms with E-state index in [1.165, 1.54) is 0 Å². The average molecular weight is 286 g/mol. The molecule has 20 heavy (non-hydrogen) atoms. The van der Waals surface area contributed by atoms with Crippen molar-refractivity contribution in [3.8, 4) is 6.07 Å². The van der Waals surface area contributed by atoms with Crippen molar-refractivity contribution in [2.24, 2.45) is 0 Å². The molecule has 0 amide bonds. The van der Waals surface area contributed by atoms with Gasteiger partial charge in [0.15, 0.2) is 5.92 Å². The summed E-state index contributed by atoms with van der Waals surface area (Å²) in [4.78, 5) is 15.4. The average Bonchev–Trinajstić information content (AvgIpc) is 2.26. The summed E-state index contributed by atoms with van der Waals surface area (Å²) in [5.74, 6) is -2.41. The predicted molar refractivity (Wildman–Crippen MR) is 63.4 cm³/mol. The fourth-order valence-corrected chi connectivity index (χ4v) is 1.38. The van der Waals surface area contributed by atoms with E-state index in [9.17, 15) is 18.0 Å². The molecule has 1 heterocycles. The highest BCUT2D eigenvalue weighted by Crippen LogP contribution is 2.30. The first kappa shape index (κ1) is 16.0. The van der Waals surface area contributed by atoms with Crippen LogP contribution in [0.15, 0.2) is 18.3 Å². The third-order valence-corrected chi connectivity index (χ3v) is 2.18.